The molecule has 1 aliphatic heterocycles. The minimum Gasteiger partial charge on any atom is -0.494 e. The Labute approximate surface area is 134 Å². The predicted molar refractivity (Wildman–Crippen MR) is 90.0 cm³/mol. The molecule has 0 unspecified atom stereocenters. The van der Waals surface area contributed by atoms with Crippen molar-refractivity contribution in [3.63, 3.8) is 0 Å². The highest BCUT2D eigenvalue weighted by Crippen LogP contribution is 2.23. The van der Waals surface area contributed by atoms with Gasteiger partial charge in [-0.15, -0.1) is 11.3 Å². The number of carbonyl (C=O) groups is 1. The molecule has 1 aromatic carbocycles. The Morgan fingerprint density at radius 2 is 2.00 bits per heavy atom. The molecule has 0 spiro atoms. The molecule has 1 fully saturated rings. The number of nitrogens with zero attached hydrogens (tertiary/aromatic N) is 2. The van der Waals surface area contributed by atoms with Crippen LogP contribution in [-0.2, 0) is 0 Å². The van der Waals surface area contributed by atoms with Crippen LogP contribution in [0.25, 0.3) is 0 Å². The molecule has 1 saturated heterocycles. The Morgan fingerprint density at radius 1 is 1.18 bits per heavy atom. The number of benzene rings is 1. The molecule has 0 N–H and O–H groups in total. The van der Waals surface area contributed by atoms with Gasteiger partial charge in [-0.1, -0.05) is 6.07 Å². The van der Waals surface area contributed by atoms with Crippen LogP contribution in [0.2, 0.25) is 0 Å². The topological polar surface area (TPSA) is 32.8 Å². The van der Waals surface area contributed by atoms with Crippen molar-refractivity contribution < 1.29 is 9.53 Å². The van der Waals surface area contributed by atoms with Gasteiger partial charge in [0.05, 0.1) is 11.6 Å². The predicted octanol–water partition coefficient (Wildman–Crippen LogP) is 3.11. The zero-order valence-electron chi connectivity index (χ0n) is 12.7. The maximum absolute atomic E-state index is 12.6. The zero-order chi connectivity index (χ0) is 15.4. The van der Waals surface area contributed by atoms with Crippen molar-refractivity contribution in [3.05, 3.63) is 47.3 Å². The van der Waals surface area contributed by atoms with Crippen LogP contribution < -0.4 is 9.64 Å². The van der Waals surface area contributed by atoms with Gasteiger partial charge in [0, 0.05) is 31.7 Å². The van der Waals surface area contributed by atoms with Gasteiger partial charge in [0.1, 0.15) is 5.75 Å². The Hall–Kier alpha value is -2.01. The van der Waals surface area contributed by atoms with Crippen LogP contribution in [0.5, 0.6) is 5.75 Å². The van der Waals surface area contributed by atoms with E-state index in [-0.39, 0.29) is 5.91 Å². The monoisotopic (exact) mass is 316 g/mol. The van der Waals surface area contributed by atoms with E-state index in [9.17, 15) is 4.79 Å². The van der Waals surface area contributed by atoms with Crippen LogP contribution in [0.15, 0.2) is 41.8 Å². The molecular formula is C17H20N2O2S. The van der Waals surface area contributed by atoms with Gasteiger partial charge >= 0.3 is 0 Å². The molecule has 1 amide bonds. The van der Waals surface area contributed by atoms with Crippen LogP contribution in [-0.4, -0.2) is 43.6 Å². The molecule has 116 valence electrons. The second kappa shape index (κ2) is 6.83. The number of piperazine rings is 1. The summed E-state index contributed by atoms with van der Waals surface area (Å²) in [6.07, 6.45) is 0. The quantitative estimate of drug-likeness (QED) is 0.869. The summed E-state index contributed by atoms with van der Waals surface area (Å²) < 4.78 is 5.47. The van der Waals surface area contributed by atoms with E-state index < -0.39 is 0 Å². The number of anilines is 1. The fourth-order valence-electron chi connectivity index (χ4n) is 2.65. The molecular weight excluding hydrogens is 296 g/mol. The largest absolute Gasteiger partial charge is 0.494 e. The van der Waals surface area contributed by atoms with E-state index in [4.69, 9.17) is 4.74 Å². The summed E-state index contributed by atoms with van der Waals surface area (Å²) in [4.78, 5) is 16.9. The van der Waals surface area contributed by atoms with E-state index in [2.05, 4.69) is 22.4 Å². The molecule has 2 heterocycles. The summed E-state index contributed by atoms with van der Waals surface area (Å²) in [6.45, 7) is 5.84. The third kappa shape index (κ3) is 3.25. The molecule has 2 aromatic rings. The number of rotatable bonds is 4. The maximum atomic E-state index is 12.6. The second-order valence-electron chi connectivity index (χ2n) is 5.19. The van der Waals surface area contributed by atoms with Gasteiger partial charge in [-0.25, -0.2) is 0 Å². The van der Waals surface area contributed by atoms with Gasteiger partial charge in [-0.3, -0.25) is 4.79 Å². The lowest BCUT2D eigenvalue weighted by Crippen LogP contribution is -2.48. The molecule has 0 radical (unpaired) electrons. The first-order chi connectivity index (χ1) is 10.8. The van der Waals surface area contributed by atoms with Crippen molar-refractivity contribution in [2.75, 3.05) is 37.7 Å². The molecule has 22 heavy (non-hydrogen) atoms. The summed E-state index contributed by atoms with van der Waals surface area (Å²) in [5.41, 5.74) is 0.704. The van der Waals surface area contributed by atoms with Gasteiger partial charge in [0.2, 0.25) is 0 Å². The van der Waals surface area contributed by atoms with Crippen LogP contribution in [0.4, 0.5) is 5.00 Å². The summed E-state index contributed by atoms with van der Waals surface area (Å²) in [7, 11) is 0. The summed E-state index contributed by atoms with van der Waals surface area (Å²) in [5, 5.41) is 3.37. The third-order valence-electron chi connectivity index (χ3n) is 3.78. The van der Waals surface area contributed by atoms with Crippen molar-refractivity contribution in [1.29, 1.82) is 0 Å². The highest BCUT2D eigenvalue weighted by Gasteiger charge is 2.22. The van der Waals surface area contributed by atoms with Crippen molar-refractivity contribution in [3.8, 4) is 5.75 Å². The third-order valence-corrected chi connectivity index (χ3v) is 4.71. The summed E-state index contributed by atoms with van der Waals surface area (Å²) >= 11 is 1.75. The number of carbonyl (C=O) groups excluding carboxylic acids is 1. The van der Waals surface area contributed by atoms with Crippen molar-refractivity contribution in [2.45, 2.75) is 6.92 Å². The van der Waals surface area contributed by atoms with Gasteiger partial charge in [0.25, 0.3) is 5.91 Å². The second-order valence-corrected chi connectivity index (χ2v) is 6.12. The van der Waals surface area contributed by atoms with E-state index in [0.29, 0.717) is 12.2 Å². The average molecular weight is 316 g/mol. The van der Waals surface area contributed by atoms with E-state index in [1.807, 2.05) is 36.1 Å². The van der Waals surface area contributed by atoms with Crippen molar-refractivity contribution in [1.82, 2.24) is 4.90 Å². The Kier molecular flexibility index (Phi) is 4.63. The average Bonchev–Trinajstić information content (AvgIpc) is 3.09. The highest BCUT2D eigenvalue weighted by atomic mass is 32.1. The fraction of sp³-hybridized carbons (Fsp3) is 0.353. The van der Waals surface area contributed by atoms with Gasteiger partial charge in [0.15, 0.2) is 0 Å². The molecule has 1 aliphatic rings. The van der Waals surface area contributed by atoms with E-state index >= 15 is 0 Å². The minimum atomic E-state index is 0.0902. The van der Waals surface area contributed by atoms with Crippen LogP contribution in [0.3, 0.4) is 0 Å². The molecule has 0 saturated carbocycles. The number of thiophene rings is 1. The number of hydrogen-bond acceptors (Lipinski definition) is 4. The Morgan fingerprint density at radius 3 is 2.68 bits per heavy atom. The van der Waals surface area contributed by atoms with Crippen LogP contribution >= 0.6 is 11.3 Å². The standard InChI is InChI=1S/C17H20N2O2S/c1-2-21-15-6-3-5-14(13-15)17(20)19-10-8-18(9-11-19)16-7-4-12-22-16/h3-7,12-13H,2,8-11H2,1H3. The lowest BCUT2D eigenvalue weighted by molar-refractivity contribution is 0.0746. The molecule has 5 heteroatoms. The first-order valence-electron chi connectivity index (χ1n) is 7.58. The first-order valence-corrected chi connectivity index (χ1v) is 8.46. The first kappa shape index (κ1) is 14.9. The highest BCUT2D eigenvalue weighted by molar-refractivity contribution is 7.14. The van der Waals surface area contributed by atoms with Crippen LogP contribution in [0.1, 0.15) is 17.3 Å². The number of ether oxygens (including phenoxy) is 1. The normalized spacial score (nSPS) is 15.0. The van der Waals surface area contributed by atoms with E-state index in [1.54, 1.807) is 11.3 Å². The molecule has 4 nitrogen and oxygen atoms in total. The number of amides is 1. The zero-order valence-corrected chi connectivity index (χ0v) is 13.5. The van der Waals surface area contributed by atoms with Gasteiger partial charge < -0.3 is 14.5 Å². The van der Waals surface area contributed by atoms with Crippen molar-refractivity contribution >= 4 is 22.2 Å². The van der Waals surface area contributed by atoms with Crippen molar-refractivity contribution in [2.24, 2.45) is 0 Å². The molecule has 0 aliphatic carbocycles. The Balaban J connectivity index is 1.63. The van der Waals surface area contributed by atoms with E-state index in [1.165, 1.54) is 5.00 Å². The Bertz CT molecular complexity index is 619. The van der Waals surface area contributed by atoms with E-state index in [0.717, 1.165) is 31.9 Å². The van der Waals surface area contributed by atoms with Crippen LogP contribution in [0, 0.1) is 0 Å². The fourth-order valence-corrected chi connectivity index (χ4v) is 3.43. The maximum Gasteiger partial charge on any atom is 0.254 e. The summed E-state index contributed by atoms with van der Waals surface area (Å²) in [5.74, 6) is 0.845. The molecule has 1 aromatic heterocycles. The lowest BCUT2D eigenvalue weighted by atomic mass is 10.1. The SMILES string of the molecule is CCOc1cccc(C(=O)N2CCN(c3cccs3)CC2)c1. The summed E-state index contributed by atoms with van der Waals surface area (Å²) in [6, 6.07) is 11.6. The molecule has 0 atom stereocenters. The molecule has 0 bridgehead atoms. The minimum absolute atomic E-state index is 0.0902. The van der Waals surface area contributed by atoms with Gasteiger partial charge in [-0.2, -0.15) is 0 Å². The number of hydrogen-bond donors (Lipinski definition) is 0. The lowest BCUT2D eigenvalue weighted by Gasteiger charge is -2.35. The van der Waals surface area contributed by atoms with Gasteiger partial charge in [-0.05, 0) is 42.6 Å². The molecule has 3 rings (SSSR count). The smallest absolute Gasteiger partial charge is 0.254 e.